The number of hydrogen-bond acceptors (Lipinski definition) is 4. The van der Waals surface area contributed by atoms with Crippen molar-refractivity contribution in [3.63, 3.8) is 0 Å². The van der Waals surface area contributed by atoms with E-state index in [-0.39, 0.29) is 18.1 Å². The van der Waals surface area contributed by atoms with Crippen LogP contribution in [0.5, 0.6) is 0 Å². The molecule has 156 valence electrons. The summed E-state index contributed by atoms with van der Waals surface area (Å²) in [6.45, 7) is 1.83. The zero-order valence-electron chi connectivity index (χ0n) is 17.2. The molecule has 0 amide bonds. The van der Waals surface area contributed by atoms with Crippen LogP contribution in [0.4, 0.5) is 0 Å². The second-order valence-electron chi connectivity index (χ2n) is 7.70. The van der Waals surface area contributed by atoms with Gasteiger partial charge in [0.25, 0.3) is 0 Å². The molecular formula is C26H23NO4. The van der Waals surface area contributed by atoms with Gasteiger partial charge in [0, 0.05) is 17.0 Å². The second kappa shape index (κ2) is 8.93. The summed E-state index contributed by atoms with van der Waals surface area (Å²) >= 11 is 0. The number of aliphatic carboxylic acids is 1. The molecule has 31 heavy (non-hydrogen) atoms. The first-order valence-electron chi connectivity index (χ1n) is 10.3. The van der Waals surface area contributed by atoms with Crippen LogP contribution in [0.25, 0.3) is 0 Å². The second-order valence-corrected chi connectivity index (χ2v) is 7.70. The Morgan fingerprint density at radius 1 is 1.03 bits per heavy atom. The van der Waals surface area contributed by atoms with Gasteiger partial charge in [-0.25, -0.2) is 9.59 Å². The summed E-state index contributed by atoms with van der Waals surface area (Å²) in [5.74, 6) is 3.80. The highest BCUT2D eigenvalue weighted by molar-refractivity contribution is 5.98. The normalized spacial score (nSPS) is 18.0. The van der Waals surface area contributed by atoms with Gasteiger partial charge in [-0.15, -0.1) is 0 Å². The molecule has 1 fully saturated rings. The lowest BCUT2D eigenvalue weighted by atomic mass is 9.84. The number of carbonyl (C=O) groups excluding carboxylic acids is 1. The Morgan fingerprint density at radius 2 is 1.68 bits per heavy atom. The molecule has 5 nitrogen and oxygen atoms in total. The minimum Gasteiger partial charge on any atom is -0.478 e. The monoisotopic (exact) mass is 413 g/mol. The molecule has 2 aliphatic rings. The van der Waals surface area contributed by atoms with Crippen LogP contribution in [0.2, 0.25) is 0 Å². The first-order valence-corrected chi connectivity index (χ1v) is 10.3. The molecule has 1 aliphatic heterocycles. The molecule has 1 saturated carbocycles. The first kappa shape index (κ1) is 20.5. The van der Waals surface area contributed by atoms with Crippen LogP contribution < -0.4 is 5.32 Å². The summed E-state index contributed by atoms with van der Waals surface area (Å²) in [6.07, 6.45) is 1.90. The number of hydrogen-bond donors (Lipinski definition) is 2. The van der Waals surface area contributed by atoms with Crippen molar-refractivity contribution in [2.75, 3.05) is 0 Å². The lowest BCUT2D eigenvalue weighted by Crippen LogP contribution is -2.34. The fourth-order valence-corrected chi connectivity index (χ4v) is 3.68. The van der Waals surface area contributed by atoms with Crippen LogP contribution >= 0.6 is 0 Å². The molecule has 1 aliphatic carbocycles. The maximum atomic E-state index is 13.2. The zero-order chi connectivity index (χ0) is 21.8. The van der Waals surface area contributed by atoms with E-state index < -0.39 is 17.9 Å². The van der Waals surface area contributed by atoms with E-state index in [0.29, 0.717) is 11.3 Å². The van der Waals surface area contributed by atoms with Crippen molar-refractivity contribution in [3.05, 3.63) is 94.3 Å². The van der Waals surface area contributed by atoms with Crippen LogP contribution in [0.1, 0.15) is 30.9 Å². The highest BCUT2D eigenvalue weighted by Crippen LogP contribution is 2.42. The molecule has 0 saturated heterocycles. The van der Waals surface area contributed by atoms with Crippen molar-refractivity contribution in [2.45, 2.75) is 26.4 Å². The smallest absolute Gasteiger partial charge is 0.337 e. The van der Waals surface area contributed by atoms with Crippen molar-refractivity contribution < 1.29 is 19.4 Å². The molecule has 2 aromatic carbocycles. The largest absolute Gasteiger partial charge is 0.478 e. The minimum atomic E-state index is -1.10. The van der Waals surface area contributed by atoms with E-state index in [4.69, 9.17) is 4.74 Å². The number of carbonyl (C=O) groups is 2. The predicted octanol–water partition coefficient (Wildman–Crippen LogP) is 4.02. The van der Waals surface area contributed by atoms with Crippen molar-refractivity contribution >= 4 is 11.9 Å². The number of carboxylic acid groups (broad SMARTS) is 1. The summed E-state index contributed by atoms with van der Waals surface area (Å²) < 4.78 is 5.60. The Morgan fingerprint density at radius 3 is 2.29 bits per heavy atom. The molecule has 2 N–H and O–H groups in total. The van der Waals surface area contributed by atoms with Crippen molar-refractivity contribution in [2.24, 2.45) is 11.8 Å². The first-order chi connectivity index (χ1) is 15.0. The molecule has 0 bridgehead atoms. The molecule has 1 heterocycles. The number of dihydropyridines is 1. The number of esters is 1. The van der Waals surface area contributed by atoms with Gasteiger partial charge in [0.15, 0.2) is 0 Å². The molecule has 1 atom stereocenters. The molecule has 5 heteroatoms. The van der Waals surface area contributed by atoms with Crippen LogP contribution in [0.3, 0.4) is 0 Å². The third-order valence-corrected chi connectivity index (χ3v) is 5.38. The Kier molecular flexibility index (Phi) is 5.90. The number of benzene rings is 2. The Labute approximate surface area is 181 Å². The lowest BCUT2D eigenvalue weighted by Gasteiger charge is -2.28. The SMILES string of the molecule is CC1=C(C(=O)O)C(C#Cc2ccccc2)C(C(=O)OCc2ccccc2)=C(C2CC2)N1. The zero-order valence-corrected chi connectivity index (χ0v) is 17.2. The van der Waals surface area contributed by atoms with E-state index in [0.717, 1.165) is 29.7 Å². The Balaban J connectivity index is 1.71. The average molecular weight is 413 g/mol. The fourth-order valence-electron chi connectivity index (χ4n) is 3.68. The highest BCUT2D eigenvalue weighted by Gasteiger charge is 2.41. The molecular weight excluding hydrogens is 390 g/mol. The summed E-state index contributed by atoms with van der Waals surface area (Å²) in [4.78, 5) is 25.3. The van der Waals surface area contributed by atoms with E-state index in [1.807, 2.05) is 60.7 Å². The number of carboxylic acids is 1. The molecule has 0 spiro atoms. The van der Waals surface area contributed by atoms with Crippen LogP contribution in [0, 0.1) is 23.7 Å². The van der Waals surface area contributed by atoms with Crippen LogP contribution in [0.15, 0.2) is 83.2 Å². The third-order valence-electron chi connectivity index (χ3n) is 5.38. The quantitative estimate of drug-likeness (QED) is 0.572. The molecule has 0 radical (unpaired) electrons. The van der Waals surface area contributed by atoms with E-state index in [9.17, 15) is 14.7 Å². The van der Waals surface area contributed by atoms with E-state index in [1.54, 1.807) is 6.92 Å². The van der Waals surface area contributed by atoms with Gasteiger partial charge in [-0.3, -0.25) is 0 Å². The summed E-state index contributed by atoms with van der Waals surface area (Å²) in [7, 11) is 0. The van der Waals surface area contributed by atoms with Gasteiger partial charge in [0.2, 0.25) is 0 Å². The van der Waals surface area contributed by atoms with Crippen molar-refractivity contribution in [3.8, 4) is 11.8 Å². The van der Waals surface area contributed by atoms with Gasteiger partial charge in [-0.2, -0.15) is 0 Å². The van der Waals surface area contributed by atoms with Gasteiger partial charge in [-0.05, 0) is 43.4 Å². The summed E-state index contributed by atoms with van der Waals surface area (Å²) in [5.41, 5.74) is 3.28. The standard InChI is InChI=1S/C26H23NO4/c1-17-22(25(28)29)21(15-12-18-8-4-2-5-9-18)23(24(27-17)20-13-14-20)26(30)31-16-19-10-6-3-7-11-19/h2-11,20-21,27H,13-14,16H2,1H3,(H,28,29). The average Bonchev–Trinajstić information content (AvgIpc) is 3.62. The van der Waals surface area contributed by atoms with Gasteiger partial charge in [0.1, 0.15) is 6.61 Å². The highest BCUT2D eigenvalue weighted by atomic mass is 16.5. The van der Waals surface area contributed by atoms with Gasteiger partial charge in [-0.1, -0.05) is 60.4 Å². The predicted molar refractivity (Wildman–Crippen MR) is 116 cm³/mol. The molecule has 2 aromatic rings. The number of ether oxygens (including phenoxy) is 1. The maximum absolute atomic E-state index is 13.2. The summed E-state index contributed by atoms with van der Waals surface area (Å²) in [5, 5.41) is 13.1. The number of nitrogens with one attached hydrogen (secondary N) is 1. The summed E-state index contributed by atoms with van der Waals surface area (Å²) in [6, 6.07) is 18.7. The topological polar surface area (TPSA) is 75.6 Å². The molecule has 4 rings (SSSR count). The third kappa shape index (κ3) is 4.70. The fraction of sp³-hybridized carbons (Fsp3) is 0.231. The van der Waals surface area contributed by atoms with Gasteiger partial charge < -0.3 is 15.2 Å². The van der Waals surface area contributed by atoms with Crippen molar-refractivity contribution in [1.82, 2.24) is 5.32 Å². The number of allylic oxidation sites excluding steroid dienone is 2. The number of rotatable bonds is 5. The van der Waals surface area contributed by atoms with E-state index in [1.165, 1.54) is 0 Å². The van der Waals surface area contributed by atoms with Gasteiger partial charge in [0.05, 0.1) is 17.1 Å². The Bertz CT molecular complexity index is 1120. The van der Waals surface area contributed by atoms with Gasteiger partial charge >= 0.3 is 11.9 Å². The lowest BCUT2D eigenvalue weighted by molar-refractivity contribution is -0.140. The molecule has 0 aromatic heterocycles. The Hall–Kier alpha value is -3.78. The minimum absolute atomic E-state index is 0.0829. The molecule has 1 unspecified atom stereocenters. The van der Waals surface area contributed by atoms with Crippen LogP contribution in [-0.4, -0.2) is 17.0 Å². The van der Waals surface area contributed by atoms with E-state index >= 15 is 0 Å². The van der Waals surface area contributed by atoms with Crippen molar-refractivity contribution in [1.29, 1.82) is 0 Å². The van der Waals surface area contributed by atoms with Crippen LogP contribution in [-0.2, 0) is 20.9 Å². The maximum Gasteiger partial charge on any atom is 0.337 e. The van der Waals surface area contributed by atoms with E-state index in [2.05, 4.69) is 17.2 Å².